The van der Waals surface area contributed by atoms with Crippen molar-refractivity contribution in [3.05, 3.63) is 23.8 Å². The number of nitrogens with two attached hydrogens (primary N) is 1. The van der Waals surface area contributed by atoms with Crippen LogP contribution in [0.5, 0.6) is 11.5 Å². The molecule has 5 nitrogen and oxygen atoms in total. The number of hydrogen-bond acceptors (Lipinski definition) is 4. The number of carbonyl (C=O) groups is 1. The Morgan fingerprint density at radius 1 is 1.39 bits per heavy atom. The summed E-state index contributed by atoms with van der Waals surface area (Å²) in [6.07, 6.45) is -0.697. The monoisotopic (exact) mass is 250 g/mol. The van der Waals surface area contributed by atoms with Crippen LogP contribution in [0.15, 0.2) is 18.2 Å². The van der Waals surface area contributed by atoms with E-state index in [1.807, 2.05) is 18.2 Å². The van der Waals surface area contributed by atoms with Crippen molar-refractivity contribution in [1.82, 2.24) is 5.43 Å². The molecule has 1 aromatic carbocycles. The summed E-state index contributed by atoms with van der Waals surface area (Å²) in [4.78, 5) is 11.4. The Balaban J connectivity index is 2.27. The highest BCUT2D eigenvalue weighted by Crippen LogP contribution is 2.36. The second-order valence-corrected chi connectivity index (χ2v) is 5.34. The number of hydrogen-bond donors (Lipinski definition) is 2. The SMILES string of the molecule is CC(C)(C)c1ccc2c(c1)O[C@@H](C(=O)NN)CO2. The minimum Gasteiger partial charge on any atom is -0.485 e. The van der Waals surface area contributed by atoms with Crippen LogP contribution in [0.1, 0.15) is 26.3 Å². The molecular formula is C13H18N2O3. The van der Waals surface area contributed by atoms with Gasteiger partial charge in [-0.05, 0) is 23.1 Å². The van der Waals surface area contributed by atoms with Crippen LogP contribution in [0.4, 0.5) is 0 Å². The van der Waals surface area contributed by atoms with Crippen molar-refractivity contribution >= 4 is 5.91 Å². The van der Waals surface area contributed by atoms with Gasteiger partial charge < -0.3 is 9.47 Å². The van der Waals surface area contributed by atoms with Crippen molar-refractivity contribution in [1.29, 1.82) is 0 Å². The van der Waals surface area contributed by atoms with Gasteiger partial charge in [0.25, 0.3) is 5.91 Å². The maximum Gasteiger partial charge on any atom is 0.278 e. The van der Waals surface area contributed by atoms with Crippen molar-refractivity contribution in [2.45, 2.75) is 32.3 Å². The molecule has 1 atom stereocenters. The fourth-order valence-corrected chi connectivity index (χ4v) is 1.76. The van der Waals surface area contributed by atoms with Crippen LogP contribution >= 0.6 is 0 Å². The Morgan fingerprint density at radius 2 is 2.11 bits per heavy atom. The lowest BCUT2D eigenvalue weighted by atomic mass is 9.87. The molecule has 0 radical (unpaired) electrons. The lowest BCUT2D eigenvalue weighted by Gasteiger charge is -2.27. The third-order valence-corrected chi connectivity index (χ3v) is 2.90. The van der Waals surface area contributed by atoms with E-state index in [2.05, 4.69) is 26.2 Å². The highest BCUT2D eigenvalue weighted by Gasteiger charge is 2.28. The lowest BCUT2D eigenvalue weighted by molar-refractivity contribution is -0.130. The molecule has 1 heterocycles. The number of rotatable bonds is 1. The van der Waals surface area contributed by atoms with E-state index >= 15 is 0 Å². The topological polar surface area (TPSA) is 73.6 Å². The van der Waals surface area contributed by atoms with Crippen LogP contribution in [0, 0.1) is 0 Å². The molecule has 1 aliphatic rings. The fraction of sp³-hybridized carbons (Fsp3) is 0.462. The van der Waals surface area contributed by atoms with E-state index in [-0.39, 0.29) is 17.9 Å². The molecule has 0 saturated carbocycles. The molecule has 0 fully saturated rings. The molecule has 18 heavy (non-hydrogen) atoms. The average molecular weight is 250 g/mol. The van der Waals surface area contributed by atoms with Gasteiger partial charge in [0.05, 0.1) is 0 Å². The van der Waals surface area contributed by atoms with Gasteiger partial charge in [0.2, 0.25) is 6.10 Å². The maximum absolute atomic E-state index is 11.4. The molecule has 1 aromatic rings. The largest absolute Gasteiger partial charge is 0.485 e. The fourth-order valence-electron chi connectivity index (χ4n) is 1.76. The van der Waals surface area contributed by atoms with E-state index in [1.165, 1.54) is 0 Å². The van der Waals surface area contributed by atoms with Gasteiger partial charge in [-0.1, -0.05) is 26.8 Å². The summed E-state index contributed by atoms with van der Waals surface area (Å²) in [6.45, 7) is 6.51. The zero-order chi connectivity index (χ0) is 13.3. The van der Waals surface area contributed by atoms with Gasteiger partial charge in [0.15, 0.2) is 11.5 Å². The van der Waals surface area contributed by atoms with Crippen LogP contribution in [-0.2, 0) is 10.2 Å². The lowest BCUT2D eigenvalue weighted by Crippen LogP contribution is -2.46. The predicted molar refractivity (Wildman–Crippen MR) is 67.4 cm³/mol. The first kappa shape index (κ1) is 12.7. The first-order valence-electron chi connectivity index (χ1n) is 5.86. The van der Waals surface area contributed by atoms with E-state index in [4.69, 9.17) is 15.3 Å². The van der Waals surface area contributed by atoms with Gasteiger partial charge in [0.1, 0.15) is 6.61 Å². The number of nitrogens with one attached hydrogen (secondary N) is 1. The number of amides is 1. The Hall–Kier alpha value is -1.75. The third kappa shape index (κ3) is 2.41. The first-order chi connectivity index (χ1) is 8.41. The van der Waals surface area contributed by atoms with E-state index < -0.39 is 6.10 Å². The number of benzene rings is 1. The van der Waals surface area contributed by atoms with E-state index in [0.29, 0.717) is 11.5 Å². The Kier molecular flexibility index (Phi) is 3.17. The molecule has 3 N–H and O–H groups in total. The molecule has 0 aromatic heterocycles. The molecule has 5 heteroatoms. The second kappa shape index (κ2) is 4.49. The Labute approximate surface area is 106 Å². The molecular weight excluding hydrogens is 232 g/mol. The Morgan fingerprint density at radius 3 is 2.72 bits per heavy atom. The Bertz CT molecular complexity index is 466. The smallest absolute Gasteiger partial charge is 0.278 e. The molecule has 98 valence electrons. The number of ether oxygens (including phenoxy) is 2. The van der Waals surface area contributed by atoms with Crippen LogP contribution in [-0.4, -0.2) is 18.6 Å². The highest BCUT2D eigenvalue weighted by molar-refractivity contribution is 5.81. The zero-order valence-corrected chi connectivity index (χ0v) is 10.8. The average Bonchev–Trinajstić information content (AvgIpc) is 2.35. The van der Waals surface area contributed by atoms with Crippen molar-refractivity contribution in [3.63, 3.8) is 0 Å². The summed E-state index contributed by atoms with van der Waals surface area (Å²) in [5, 5.41) is 0. The molecule has 0 aliphatic carbocycles. The van der Waals surface area contributed by atoms with E-state index in [1.54, 1.807) is 0 Å². The molecule has 0 spiro atoms. The third-order valence-electron chi connectivity index (χ3n) is 2.90. The van der Waals surface area contributed by atoms with Crippen molar-refractivity contribution in [3.8, 4) is 11.5 Å². The maximum atomic E-state index is 11.4. The van der Waals surface area contributed by atoms with Gasteiger partial charge in [0, 0.05) is 0 Å². The predicted octanol–water partition coefficient (Wildman–Crippen LogP) is 1.11. The minimum absolute atomic E-state index is 0.0153. The quantitative estimate of drug-likeness (QED) is 0.445. The van der Waals surface area contributed by atoms with Crippen LogP contribution in [0.3, 0.4) is 0 Å². The molecule has 0 saturated heterocycles. The molecule has 1 amide bonds. The summed E-state index contributed by atoms with van der Waals surface area (Å²) >= 11 is 0. The molecule has 0 unspecified atom stereocenters. The first-order valence-corrected chi connectivity index (χ1v) is 5.86. The van der Waals surface area contributed by atoms with Gasteiger partial charge in [-0.25, -0.2) is 5.84 Å². The second-order valence-electron chi connectivity index (χ2n) is 5.34. The molecule has 2 rings (SSSR count). The van der Waals surface area contributed by atoms with Gasteiger partial charge in [-0.3, -0.25) is 10.2 Å². The van der Waals surface area contributed by atoms with E-state index in [0.717, 1.165) is 5.56 Å². The van der Waals surface area contributed by atoms with Crippen molar-refractivity contribution in [2.24, 2.45) is 5.84 Å². The number of hydrazine groups is 1. The number of carbonyl (C=O) groups excluding carboxylic acids is 1. The van der Waals surface area contributed by atoms with Crippen LogP contribution in [0.2, 0.25) is 0 Å². The summed E-state index contributed by atoms with van der Waals surface area (Å²) in [5.74, 6) is 5.94. The summed E-state index contributed by atoms with van der Waals surface area (Å²) in [7, 11) is 0. The summed E-state index contributed by atoms with van der Waals surface area (Å²) in [6, 6.07) is 5.78. The van der Waals surface area contributed by atoms with Crippen molar-refractivity contribution in [2.75, 3.05) is 6.61 Å². The zero-order valence-electron chi connectivity index (χ0n) is 10.8. The highest BCUT2D eigenvalue weighted by atomic mass is 16.6. The molecule has 0 bridgehead atoms. The van der Waals surface area contributed by atoms with E-state index in [9.17, 15) is 4.79 Å². The molecule has 1 aliphatic heterocycles. The van der Waals surface area contributed by atoms with Gasteiger partial charge >= 0.3 is 0 Å². The minimum atomic E-state index is -0.697. The van der Waals surface area contributed by atoms with Gasteiger partial charge in [-0.2, -0.15) is 0 Å². The standard InChI is InChI=1S/C13H18N2O3/c1-13(2,3)8-4-5-9-10(6-8)18-11(7-17-9)12(16)15-14/h4-6,11H,7,14H2,1-3H3,(H,15,16)/t11-/m1/s1. The van der Waals surface area contributed by atoms with Crippen LogP contribution in [0.25, 0.3) is 0 Å². The summed E-state index contributed by atoms with van der Waals surface area (Å²) < 4.78 is 11.1. The number of fused-ring (bicyclic) bond motifs is 1. The normalized spacial score (nSPS) is 18.3. The van der Waals surface area contributed by atoms with Gasteiger partial charge in [-0.15, -0.1) is 0 Å². The van der Waals surface area contributed by atoms with Crippen molar-refractivity contribution < 1.29 is 14.3 Å². The summed E-state index contributed by atoms with van der Waals surface area (Å²) in [5.41, 5.74) is 3.21. The van der Waals surface area contributed by atoms with Crippen LogP contribution < -0.4 is 20.7 Å².